The largest absolute Gasteiger partial charge is 0.479 e. The van der Waals surface area contributed by atoms with Crippen molar-refractivity contribution >= 4 is 17.7 Å². The second kappa shape index (κ2) is 40.8. The molecule has 0 aromatic heterocycles. The lowest BCUT2D eigenvalue weighted by Crippen LogP contribution is -2.69. The van der Waals surface area contributed by atoms with Crippen LogP contribution >= 0.6 is 0 Å². The third kappa shape index (κ3) is 20.6. The average Bonchev–Trinajstić information content (AvgIpc) is 1.59. The molecule has 0 amide bonds. The van der Waals surface area contributed by atoms with Gasteiger partial charge in [0.2, 0.25) is 0 Å². The summed E-state index contributed by atoms with van der Waals surface area (Å²) in [4.78, 5) is 49.3. The fourth-order valence-electron chi connectivity index (χ4n) is 11.1. The van der Waals surface area contributed by atoms with Crippen LogP contribution in [0.5, 0.6) is 0 Å². The SMILES string of the molecule is CCCCOC1[C@H](O[C@H]2OC(CO)[C@@H](O[C@@H]3OC(C(=O)C(=O)O)[C@@H](O[C@H]4OC(CO)[C@@H](OCCCC)[C@H](OCCCC)C4N=[N+]=[N-])C(OCCCC)[C@@H]3OCCCC)[C@H](O)C2N=[N+]=[N-])C(C(=O)O)O[C@@H](O[C@@H]2C(CO)O[C@H](OC)C(N=[N+]=[N-])[C@H]2OCCCC)[C@H]1O. The first-order valence-electron chi connectivity index (χ1n) is 31.5. The molecule has 0 saturated carbocycles. The number of ether oxygens (including phenoxy) is 16. The summed E-state index contributed by atoms with van der Waals surface area (Å²) in [6.07, 6.45) is -29.9. The number of aliphatic hydroxyl groups excluding tert-OH is 5. The zero-order valence-electron chi connectivity index (χ0n) is 52.7. The molecule has 35 nitrogen and oxygen atoms in total. The molecule has 25 atom stereocenters. The third-order valence-corrected chi connectivity index (χ3v) is 15.9. The highest BCUT2D eigenvalue weighted by molar-refractivity contribution is 6.34. The first-order chi connectivity index (χ1) is 44.1. The Morgan fingerprint density at radius 1 is 0.407 bits per heavy atom. The van der Waals surface area contributed by atoms with E-state index in [1.165, 1.54) is 7.11 Å². The topological polar surface area (TPSA) is 487 Å². The Morgan fingerprint density at radius 2 is 0.769 bits per heavy atom. The minimum Gasteiger partial charge on any atom is -0.479 e. The number of hydrogen-bond donors (Lipinski definition) is 7. The smallest absolute Gasteiger partial charge is 0.375 e. The lowest BCUT2D eigenvalue weighted by atomic mass is 9.93. The number of Topliss-reactive ketones (excluding diaryl/α,β-unsaturated/α-hetero) is 1. The Labute approximate surface area is 527 Å². The van der Waals surface area contributed by atoms with Crippen molar-refractivity contribution in [2.45, 2.75) is 272 Å². The molecule has 520 valence electrons. The van der Waals surface area contributed by atoms with Gasteiger partial charge in [0.1, 0.15) is 91.4 Å². The molecule has 7 N–H and O–H groups in total. The Hall–Kier alpha value is -4.30. The van der Waals surface area contributed by atoms with E-state index in [0.717, 1.165) is 6.42 Å². The first-order valence-corrected chi connectivity index (χ1v) is 31.5. The second-order valence-electron chi connectivity index (χ2n) is 22.4. The number of carbonyl (C=O) groups excluding carboxylic acids is 1. The van der Waals surface area contributed by atoms with Gasteiger partial charge in [-0.15, -0.1) is 0 Å². The van der Waals surface area contributed by atoms with Crippen LogP contribution in [0.2, 0.25) is 0 Å². The molecule has 0 bridgehead atoms. The van der Waals surface area contributed by atoms with Gasteiger partial charge in [-0.05, 0) is 55.1 Å². The molecule has 5 heterocycles. The molecule has 0 aromatic rings. The highest BCUT2D eigenvalue weighted by Gasteiger charge is 2.60. The molecule has 5 aliphatic heterocycles. The van der Waals surface area contributed by atoms with E-state index in [-0.39, 0.29) is 39.6 Å². The molecular weight excluding hydrogens is 1210 g/mol. The first kappa shape index (κ1) is 77.4. The molecular formula is C56H95N9O26. The molecule has 0 aromatic carbocycles. The summed E-state index contributed by atoms with van der Waals surface area (Å²) in [6.45, 7) is 9.18. The predicted octanol–water partition coefficient (Wildman–Crippen LogP) is 3.38. The molecule has 0 radical (unpaired) electrons. The van der Waals surface area contributed by atoms with Crippen molar-refractivity contribution in [1.29, 1.82) is 0 Å². The summed E-state index contributed by atoms with van der Waals surface area (Å²) in [5, 5.41) is 89.9. The minimum absolute atomic E-state index is 0.0492. The summed E-state index contributed by atoms with van der Waals surface area (Å²) < 4.78 is 99.5. The van der Waals surface area contributed by atoms with Crippen LogP contribution in [0.4, 0.5) is 0 Å². The number of unbranched alkanes of at least 4 members (excludes halogenated alkanes) is 6. The van der Waals surface area contributed by atoms with Crippen molar-refractivity contribution in [3.63, 3.8) is 0 Å². The maximum absolute atomic E-state index is 14.1. The van der Waals surface area contributed by atoms with Gasteiger partial charge in [0, 0.05) is 61.5 Å². The number of rotatable bonds is 42. The number of aliphatic hydroxyl groups is 5. The molecule has 35 heteroatoms. The van der Waals surface area contributed by atoms with Crippen LogP contribution in [0, 0.1) is 0 Å². The predicted molar refractivity (Wildman–Crippen MR) is 310 cm³/mol. The van der Waals surface area contributed by atoms with Gasteiger partial charge in [0.05, 0.1) is 38.1 Å². The summed E-state index contributed by atoms with van der Waals surface area (Å²) in [5.41, 5.74) is 29.6. The standard InChI is InChI=1S/C56H95N9O26/c1-8-14-20-77-39-30(27-67)85-54(34(62-65-59)41(39)78-21-15-9-2)90-47-44(36(70)50(72)73)88-56(49(82-25-19-13-6)45(47)81-24-18-12-5)86-38-29(26-66)84-53(32(35(38)69)60-63-57)89-46-43(80-23-17-11-4)37(71)55(91-48(46)51(74)75)87-40-31(28-68)83-52(76-7)33(61-64-58)42(40)79-22-16-10-3/h29-35,37-49,52-56,66-69,71H,8-28H2,1-7H3,(H,72,73)(H,74,75)/t29?,30?,31?,32?,33?,34?,35-,37+,38-,39-,40-,41-,42-,43?,44?,45?,46+,47-,48?,49+,52+,53-,54-,55-,56-/m1/s1. The maximum atomic E-state index is 14.1. The summed E-state index contributed by atoms with van der Waals surface area (Å²) in [7, 11) is 1.28. The van der Waals surface area contributed by atoms with Crippen molar-refractivity contribution < 1.29 is 126 Å². The van der Waals surface area contributed by atoms with Gasteiger partial charge in [-0.3, -0.25) is 4.79 Å². The normalized spacial score (nSPS) is 36.8. The van der Waals surface area contributed by atoms with Gasteiger partial charge < -0.3 is 112 Å². The lowest BCUT2D eigenvalue weighted by Gasteiger charge is -2.51. The van der Waals surface area contributed by atoms with Gasteiger partial charge in [0.25, 0.3) is 5.78 Å². The van der Waals surface area contributed by atoms with E-state index in [9.17, 15) is 66.7 Å². The van der Waals surface area contributed by atoms with E-state index in [1.807, 2.05) is 41.5 Å². The number of carboxylic acid groups (broad SMARTS) is 2. The number of azide groups is 3. The molecule has 0 spiro atoms. The molecule has 5 fully saturated rings. The van der Waals surface area contributed by atoms with Crippen molar-refractivity contribution in [3.8, 4) is 0 Å². The highest BCUT2D eigenvalue weighted by atomic mass is 16.8. The van der Waals surface area contributed by atoms with Gasteiger partial charge in [-0.2, -0.15) is 0 Å². The molecule has 5 rings (SSSR count). The second-order valence-corrected chi connectivity index (χ2v) is 22.4. The Kier molecular flexibility index (Phi) is 34.7. The van der Waals surface area contributed by atoms with Crippen LogP contribution < -0.4 is 0 Å². The van der Waals surface area contributed by atoms with Crippen molar-refractivity contribution in [1.82, 2.24) is 0 Å². The molecule has 5 aliphatic rings. The molecule has 91 heavy (non-hydrogen) atoms. The number of methoxy groups -OCH3 is 1. The minimum atomic E-state index is -2.20. The number of carbonyl (C=O) groups is 3. The monoisotopic (exact) mass is 1310 g/mol. The number of nitrogens with zero attached hydrogens (tertiary/aromatic N) is 9. The molecule has 0 aliphatic carbocycles. The van der Waals surface area contributed by atoms with Crippen LogP contribution in [0.25, 0.3) is 31.3 Å². The fraction of sp³-hybridized carbons (Fsp3) is 0.946. The van der Waals surface area contributed by atoms with Gasteiger partial charge in [0.15, 0.2) is 43.7 Å². The van der Waals surface area contributed by atoms with E-state index < -0.39 is 191 Å². The average molecular weight is 1310 g/mol. The van der Waals surface area contributed by atoms with E-state index in [4.69, 9.17) is 75.8 Å². The fourth-order valence-corrected chi connectivity index (χ4v) is 11.1. The van der Waals surface area contributed by atoms with Crippen LogP contribution in [-0.2, 0) is 90.2 Å². The van der Waals surface area contributed by atoms with Crippen molar-refractivity contribution in [2.75, 3.05) is 66.6 Å². The van der Waals surface area contributed by atoms with Crippen LogP contribution in [0.15, 0.2) is 15.3 Å². The highest BCUT2D eigenvalue weighted by Crippen LogP contribution is 2.40. The lowest BCUT2D eigenvalue weighted by molar-refractivity contribution is -0.380. The summed E-state index contributed by atoms with van der Waals surface area (Å²) in [5.74, 6) is -5.33. The van der Waals surface area contributed by atoms with E-state index in [2.05, 4.69) is 30.1 Å². The maximum Gasteiger partial charge on any atom is 0.375 e. The van der Waals surface area contributed by atoms with E-state index >= 15 is 0 Å². The number of hydrogen-bond acceptors (Lipinski definition) is 27. The quantitative estimate of drug-likeness (QED) is 0.0151. The van der Waals surface area contributed by atoms with E-state index in [0.29, 0.717) is 70.6 Å². The van der Waals surface area contributed by atoms with Crippen LogP contribution in [-0.4, -0.2) is 273 Å². The van der Waals surface area contributed by atoms with E-state index in [1.54, 1.807) is 0 Å². The van der Waals surface area contributed by atoms with Gasteiger partial charge in [-0.1, -0.05) is 95.4 Å². The Bertz CT molecular complexity index is 2310. The van der Waals surface area contributed by atoms with Gasteiger partial charge in [-0.25, -0.2) is 9.59 Å². The van der Waals surface area contributed by atoms with Crippen molar-refractivity contribution in [2.24, 2.45) is 15.3 Å². The zero-order chi connectivity index (χ0) is 66.6. The number of carboxylic acids is 2. The molecule has 10 unspecified atom stereocenters. The number of aliphatic carboxylic acids is 2. The van der Waals surface area contributed by atoms with Gasteiger partial charge >= 0.3 is 11.9 Å². The summed E-state index contributed by atoms with van der Waals surface area (Å²) in [6, 6.07) is -4.58. The molecule has 5 saturated heterocycles. The van der Waals surface area contributed by atoms with Crippen molar-refractivity contribution in [3.05, 3.63) is 31.3 Å². The van der Waals surface area contributed by atoms with Crippen LogP contribution in [0.3, 0.4) is 0 Å². The number of ketones is 1. The zero-order valence-corrected chi connectivity index (χ0v) is 52.7. The van der Waals surface area contributed by atoms with Crippen LogP contribution in [0.1, 0.15) is 119 Å². The summed E-state index contributed by atoms with van der Waals surface area (Å²) >= 11 is 0. The Morgan fingerprint density at radius 3 is 1.23 bits per heavy atom. The Balaban J connectivity index is 1.54. The third-order valence-electron chi connectivity index (χ3n) is 15.9.